The Kier molecular flexibility index (Phi) is 19.4. The second-order valence-corrected chi connectivity index (χ2v) is 7.31. The summed E-state index contributed by atoms with van der Waals surface area (Å²) in [7, 11) is 1.59. The molecule has 164 valence electrons. The van der Waals surface area contributed by atoms with Crippen LogP contribution in [0.25, 0.3) is 0 Å². The van der Waals surface area contributed by atoms with Gasteiger partial charge >= 0.3 is 11.9 Å². The molecule has 0 saturated carbocycles. The van der Waals surface area contributed by atoms with E-state index in [0.717, 1.165) is 51.4 Å². The summed E-state index contributed by atoms with van der Waals surface area (Å²) in [6.45, 7) is 4.49. The van der Waals surface area contributed by atoms with Crippen LogP contribution < -0.4 is 0 Å². The zero-order valence-electron chi connectivity index (χ0n) is 18.4. The van der Waals surface area contributed by atoms with Crippen molar-refractivity contribution in [3.05, 3.63) is 12.2 Å². The van der Waals surface area contributed by atoms with E-state index >= 15 is 0 Å². The van der Waals surface area contributed by atoms with Crippen LogP contribution in [0.2, 0.25) is 0 Å². The van der Waals surface area contributed by atoms with Crippen LogP contribution in [-0.4, -0.2) is 38.4 Å². The molecule has 0 aromatic carbocycles. The first-order valence-electron chi connectivity index (χ1n) is 11.1. The van der Waals surface area contributed by atoms with Crippen LogP contribution in [0, 0.1) is 0 Å². The normalized spacial score (nSPS) is 12.2. The number of rotatable bonds is 19. The molecule has 0 spiro atoms. The highest BCUT2D eigenvalue weighted by Gasteiger charge is 2.09. The minimum absolute atomic E-state index is 0.0225. The topological polar surface area (TPSA) is 61.8 Å². The molecular formula is C23H42O5. The van der Waals surface area contributed by atoms with Gasteiger partial charge in [0.1, 0.15) is 12.7 Å². The zero-order valence-corrected chi connectivity index (χ0v) is 18.4. The van der Waals surface area contributed by atoms with E-state index in [9.17, 15) is 9.59 Å². The number of hydrogen-bond acceptors (Lipinski definition) is 5. The molecule has 0 aliphatic heterocycles. The zero-order chi connectivity index (χ0) is 20.9. The van der Waals surface area contributed by atoms with Crippen LogP contribution in [0.1, 0.15) is 97.3 Å². The first-order valence-corrected chi connectivity index (χ1v) is 11.1. The summed E-state index contributed by atoms with van der Waals surface area (Å²) in [5, 5.41) is 0. The lowest BCUT2D eigenvalue weighted by Gasteiger charge is -2.15. The van der Waals surface area contributed by atoms with E-state index in [1.54, 1.807) is 7.11 Å². The van der Waals surface area contributed by atoms with Crippen molar-refractivity contribution in [1.29, 1.82) is 0 Å². The van der Waals surface area contributed by atoms with Crippen molar-refractivity contribution in [3.8, 4) is 0 Å². The van der Waals surface area contributed by atoms with Gasteiger partial charge in [0.05, 0.1) is 6.61 Å². The number of methoxy groups -OCH3 is 1. The third-order valence-corrected chi connectivity index (χ3v) is 4.58. The molecule has 0 rings (SSSR count). The second kappa shape index (κ2) is 20.4. The molecule has 0 aliphatic rings. The summed E-state index contributed by atoms with van der Waals surface area (Å²) in [4.78, 5) is 22.7. The molecule has 5 heteroatoms. The SMILES string of the molecule is CCCCCC[C@H](C/C=C\CCCCCCCC(=O)OCCOC)OC(C)=O. The van der Waals surface area contributed by atoms with Crippen LogP contribution in [0.5, 0.6) is 0 Å². The van der Waals surface area contributed by atoms with E-state index in [4.69, 9.17) is 14.2 Å². The molecule has 0 N–H and O–H groups in total. The molecule has 0 amide bonds. The average molecular weight is 399 g/mol. The van der Waals surface area contributed by atoms with Gasteiger partial charge in [-0.1, -0.05) is 57.6 Å². The smallest absolute Gasteiger partial charge is 0.305 e. The van der Waals surface area contributed by atoms with Gasteiger partial charge in [0.2, 0.25) is 0 Å². The highest BCUT2D eigenvalue weighted by molar-refractivity contribution is 5.69. The molecule has 5 nitrogen and oxygen atoms in total. The van der Waals surface area contributed by atoms with Crippen LogP contribution in [0.3, 0.4) is 0 Å². The summed E-state index contributed by atoms with van der Waals surface area (Å²) in [5.41, 5.74) is 0. The van der Waals surface area contributed by atoms with Gasteiger partial charge in [-0.05, 0) is 32.1 Å². The van der Waals surface area contributed by atoms with Crippen molar-refractivity contribution < 1.29 is 23.8 Å². The predicted molar refractivity (Wildman–Crippen MR) is 113 cm³/mol. The van der Waals surface area contributed by atoms with Gasteiger partial charge in [-0.25, -0.2) is 0 Å². The maximum Gasteiger partial charge on any atom is 0.305 e. The highest BCUT2D eigenvalue weighted by Crippen LogP contribution is 2.13. The molecule has 0 bridgehead atoms. The molecule has 0 aromatic rings. The average Bonchev–Trinajstić information content (AvgIpc) is 2.66. The number of allylic oxidation sites excluding steroid dienone is 1. The Hall–Kier alpha value is -1.36. The fourth-order valence-electron chi connectivity index (χ4n) is 3.00. The maximum absolute atomic E-state index is 11.4. The summed E-state index contributed by atoms with van der Waals surface area (Å²) in [6.07, 6.45) is 17.9. The summed E-state index contributed by atoms with van der Waals surface area (Å²) in [5.74, 6) is -0.312. The van der Waals surface area contributed by atoms with Gasteiger partial charge in [-0.2, -0.15) is 0 Å². The molecule has 0 fully saturated rings. The third kappa shape index (κ3) is 19.4. The van der Waals surface area contributed by atoms with E-state index in [0.29, 0.717) is 19.6 Å². The van der Waals surface area contributed by atoms with Crippen molar-refractivity contribution >= 4 is 11.9 Å². The van der Waals surface area contributed by atoms with Crippen molar-refractivity contribution in [2.75, 3.05) is 20.3 Å². The number of carbonyl (C=O) groups is 2. The number of hydrogen-bond donors (Lipinski definition) is 0. The van der Waals surface area contributed by atoms with E-state index in [-0.39, 0.29) is 18.0 Å². The molecule has 0 aliphatic carbocycles. The Morgan fingerprint density at radius 1 is 0.893 bits per heavy atom. The number of carbonyl (C=O) groups excluding carboxylic acids is 2. The number of unbranched alkanes of at least 4 members (excludes halogenated alkanes) is 8. The minimum atomic E-state index is -0.184. The van der Waals surface area contributed by atoms with Crippen molar-refractivity contribution in [2.45, 2.75) is 103 Å². The predicted octanol–water partition coefficient (Wildman–Crippen LogP) is 5.76. The fraction of sp³-hybridized carbons (Fsp3) is 0.826. The largest absolute Gasteiger partial charge is 0.463 e. The first-order chi connectivity index (χ1) is 13.6. The lowest BCUT2D eigenvalue weighted by Crippen LogP contribution is -2.15. The number of esters is 2. The summed E-state index contributed by atoms with van der Waals surface area (Å²) >= 11 is 0. The highest BCUT2D eigenvalue weighted by atomic mass is 16.6. The Morgan fingerprint density at radius 2 is 1.61 bits per heavy atom. The lowest BCUT2D eigenvalue weighted by atomic mass is 10.1. The van der Waals surface area contributed by atoms with Crippen molar-refractivity contribution in [2.24, 2.45) is 0 Å². The molecule has 0 aromatic heterocycles. The summed E-state index contributed by atoms with van der Waals surface area (Å²) in [6, 6.07) is 0. The van der Waals surface area contributed by atoms with Crippen molar-refractivity contribution in [1.82, 2.24) is 0 Å². The monoisotopic (exact) mass is 398 g/mol. The van der Waals surface area contributed by atoms with Crippen LogP contribution in [-0.2, 0) is 23.8 Å². The van der Waals surface area contributed by atoms with Gasteiger partial charge in [-0.15, -0.1) is 0 Å². The molecule has 0 unspecified atom stereocenters. The first kappa shape index (κ1) is 26.6. The fourth-order valence-corrected chi connectivity index (χ4v) is 3.00. The maximum atomic E-state index is 11.4. The molecule has 0 radical (unpaired) electrons. The Balaban J connectivity index is 3.64. The van der Waals surface area contributed by atoms with E-state index in [1.807, 2.05) is 0 Å². The Bertz CT molecular complexity index is 406. The molecule has 0 heterocycles. The Labute approximate surface area is 172 Å². The third-order valence-electron chi connectivity index (χ3n) is 4.58. The molecule has 0 saturated heterocycles. The van der Waals surface area contributed by atoms with E-state index in [2.05, 4.69) is 19.1 Å². The number of ether oxygens (including phenoxy) is 3. The Morgan fingerprint density at radius 3 is 2.32 bits per heavy atom. The quantitative estimate of drug-likeness (QED) is 0.157. The molecule has 28 heavy (non-hydrogen) atoms. The van der Waals surface area contributed by atoms with Crippen LogP contribution in [0.15, 0.2) is 12.2 Å². The van der Waals surface area contributed by atoms with Crippen molar-refractivity contribution in [3.63, 3.8) is 0 Å². The van der Waals surface area contributed by atoms with Gasteiger partial charge in [0.25, 0.3) is 0 Å². The second-order valence-electron chi connectivity index (χ2n) is 7.31. The standard InChI is InChI=1S/C23H42O5/c1-4-5-6-13-16-22(28-21(2)24)17-14-11-9-7-8-10-12-15-18-23(25)27-20-19-26-3/h11,14,22H,4-10,12-13,15-20H2,1-3H3/b14-11-/t22-/m1/s1. The summed E-state index contributed by atoms with van der Waals surface area (Å²) < 4.78 is 15.3. The van der Waals surface area contributed by atoms with Gasteiger partial charge in [-0.3, -0.25) is 9.59 Å². The molecular weight excluding hydrogens is 356 g/mol. The van der Waals surface area contributed by atoms with E-state index < -0.39 is 0 Å². The lowest BCUT2D eigenvalue weighted by molar-refractivity contribution is -0.147. The minimum Gasteiger partial charge on any atom is -0.463 e. The van der Waals surface area contributed by atoms with Crippen LogP contribution >= 0.6 is 0 Å². The van der Waals surface area contributed by atoms with Gasteiger partial charge in [0.15, 0.2) is 0 Å². The van der Waals surface area contributed by atoms with E-state index in [1.165, 1.54) is 32.6 Å². The van der Waals surface area contributed by atoms with Crippen LogP contribution in [0.4, 0.5) is 0 Å². The van der Waals surface area contributed by atoms with Gasteiger partial charge < -0.3 is 14.2 Å². The van der Waals surface area contributed by atoms with Gasteiger partial charge in [0, 0.05) is 26.9 Å². The molecule has 1 atom stereocenters.